The number of hydrogen-bond acceptors (Lipinski definition) is 5. The van der Waals surface area contributed by atoms with Gasteiger partial charge in [-0.2, -0.15) is 0 Å². The Morgan fingerprint density at radius 3 is 2.67 bits per heavy atom. The lowest BCUT2D eigenvalue weighted by atomic mass is 9.87. The monoisotopic (exact) mass is 412 g/mol. The molecule has 3 rings (SSSR count). The van der Waals surface area contributed by atoms with Crippen LogP contribution in [0.3, 0.4) is 0 Å². The summed E-state index contributed by atoms with van der Waals surface area (Å²) >= 11 is 0. The fourth-order valence-electron chi connectivity index (χ4n) is 3.93. The number of rotatable bonds is 6. The molecule has 0 radical (unpaired) electrons. The van der Waals surface area contributed by atoms with E-state index in [2.05, 4.69) is 16.4 Å². The maximum atomic E-state index is 12.7. The second-order valence-electron chi connectivity index (χ2n) is 7.55. The van der Waals surface area contributed by atoms with Gasteiger partial charge in [0.15, 0.2) is 6.10 Å². The average Bonchev–Trinajstić information content (AvgIpc) is 3.02. The normalized spacial score (nSPS) is 16.3. The average molecular weight is 412 g/mol. The second kappa shape index (κ2) is 9.15. The van der Waals surface area contributed by atoms with Crippen molar-refractivity contribution in [3.05, 3.63) is 57.9 Å². The largest absolute Gasteiger partial charge is 0.461 e. The van der Waals surface area contributed by atoms with E-state index in [-0.39, 0.29) is 29.8 Å². The highest BCUT2D eigenvalue weighted by Gasteiger charge is 2.28. The molecule has 1 amide bonds. The van der Waals surface area contributed by atoms with Gasteiger partial charge in [0.1, 0.15) is 5.69 Å². The summed E-state index contributed by atoms with van der Waals surface area (Å²) in [7, 11) is 0. The predicted octanol–water partition coefficient (Wildman–Crippen LogP) is 3.55. The van der Waals surface area contributed by atoms with Crippen LogP contribution in [0.15, 0.2) is 24.3 Å². The maximum absolute atomic E-state index is 12.7. The van der Waals surface area contributed by atoms with Gasteiger partial charge in [-0.05, 0) is 63.6 Å². The SMILES string of the molecule is CCOC(=O)c1[nH]c(C)c(C(=O)O[C@H](C)C(=O)N[C@H]2CCCc3ccccc32)c1C. The van der Waals surface area contributed by atoms with Crippen LogP contribution in [0.25, 0.3) is 0 Å². The van der Waals surface area contributed by atoms with Crippen molar-refractivity contribution in [2.45, 2.75) is 59.1 Å². The highest BCUT2D eigenvalue weighted by atomic mass is 16.5. The van der Waals surface area contributed by atoms with Crippen LogP contribution in [0, 0.1) is 13.8 Å². The van der Waals surface area contributed by atoms with Gasteiger partial charge in [-0.15, -0.1) is 0 Å². The van der Waals surface area contributed by atoms with Crippen molar-refractivity contribution in [1.82, 2.24) is 10.3 Å². The number of esters is 2. The summed E-state index contributed by atoms with van der Waals surface area (Å²) in [5.41, 5.74) is 3.77. The van der Waals surface area contributed by atoms with E-state index in [4.69, 9.17) is 9.47 Å². The number of fused-ring (bicyclic) bond motifs is 1. The number of aromatic nitrogens is 1. The molecule has 1 aromatic heterocycles. The van der Waals surface area contributed by atoms with Gasteiger partial charge in [0.2, 0.25) is 0 Å². The number of aromatic amines is 1. The fraction of sp³-hybridized carbons (Fsp3) is 0.435. The summed E-state index contributed by atoms with van der Waals surface area (Å²) in [5, 5.41) is 3.00. The molecule has 7 heteroatoms. The number of ether oxygens (including phenoxy) is 2. The van der Waals surface area contributed by atoms with Gasteiger partial charge in [0.05, 0.1) is 18.2 Å². The summed E-state index contributed by atoms with van der Waals surface area (Å²) in [5.74, 6) is -1.52. The lowest BCUT2D eigenvalue weighted by Crippen LogP contribution is -2.39. The zero-order valence-electron chi connectivity index (χ0n) is 17.8. The molecule has 0 fully saturated rings. The van der Waals surface area contributed by atoms with E-state index in [9.17, 15) is 14.4 Å². The van der Waals surface area contributed by atoms with Crippen LogP contribution >= 0.6 is 0 Å². The van der Waals surface area contributed by atoms with Crippen molar-refractivity contribution >= 4 is 17.8 Å². The molecule has 1 aromatic carbocycles. The smallest absolute Gasteiger partial charge is 0.355 e. The third-order valence-corrected chi connectivity index (χ3v) is 5.46. The molecule has 0 saturated heterocycles. The Morgan fingerprint density at radius 2 is 1.93 bits per heavy atom. The summed E-state index contributed by atoms with van der Waals surface area (Å²) < 4.78 is 10.4. The van der Waals surface area contributed by atoms with Crippen LogP contribution in [0.4, 0.5) is 0 Å². The maximum Gasteiger partial charge on any atom is 0.355 e. The van der Waals surface area contributed by atoms with E-state index < -0.39 is 18.0 Å². The Labute approximate surface area is 176 Å². The van der Waals surface area contributed by atoms with Crippen LogP contribution in [0.1, 0.15) is 76.0 Å². The first-order chi connectivity index (χ1) is 14.3. The summed E-state index contributed by atoms with van der Waals surface area (Å²) in [6, 6.07) is 7.98. The van der Waals surface area contributed by atoms with Crippen molar-refractivity contribution < 1.29 is 23.9 Å². The zero-order valence-corrected chi connectivity index (χ0v) is 17.8. The number of aryl methyl sites for hydroxylation is 2. The van der Waals surface area contributed by atoms with E-state index in [1.807, 2.05) is 18.2 Å². The van der Waals surface area contributed by atoms with Crippen molar-refractivity contribution in [2.24, 2.45) is 0 Å². The molecule has 0 unspecified atom stereocenters. The van der Waals surface area contributed by atoms with Gasteiger partial charge < -0.3 is 19.8 Å². The molecule has 2 aromatic rings. The van der Waals surface area contributed by atoms with Crippen LogP contribution in [0.5, 0.6) is 0 Å². The Bertz CT molecular complexity index is 962. The van der Waals surface area contributed by atoms with Crippen LogP contribution in [-0.2, 0) is 20.7 Å². The van der Waals surface area contributed by atoms with Crippen LogP contribution < -0.4 is 5.32 Å². The molecule has 7 nitrogen and oxygen atoms in total. The van der Waals surface area contributed by atoms with Gasteiger partial charge in [0, 0.05) is 5.69 Å². The zero-order chi connectivity index (χ0) is 21.8. The van der Waals surface area contributed by atoms with Gasteiger partial charge in [0.25, 0.3) is 5.91 Å². The number of carbonyl (C=O) groups is 3. The number of nitrogens with one attached hydrogen (secondary N) is 2. The van der Waals surface area contributed by atoms with E-state index in [1.54, 1.807) is 27.7 Å². The fourth-order valence-corrected chi connectivity index (χ4v) is 3.93. The predicted molar refractivity (Wildman–Crippen MR) is 111 cm³/mol. The van der Waals surface area contributed by atoms with Crippen molar-refractivity contribution in [1.29, 1.82) is 0 Å². The minimum absolute atomic E-state index is 0.0882. The molecule has 2 atom stereocenters. The van der Waals surface area contributed by atoms with Crippen molar-refractivity contribution in [3.8, 4) is 0 Å². The number of H-pyrrole nitrogens is 1. The minimum atomic E-state index is -0.966. The van der Waals surface area contributed by atoms with Crippen molar-refractivity contribution in [3.63, 3.8) is 0 Å². The molecule has 1 aliphatic rings. The number of carbonyl (C=O) groups excluding carboxylic acids is 3. The van der Waals surface area contributed by atoms with E-state index in [1.165, 1.54) is 5.56 Å². The van der Waals surface area contributed by atoms with E-state index >= 15 is 0 Å². The number of amides is 1. The van der Waals surface area contributed by atoms with Crippen LogP contribution in [0.2, 0.25) is 0 Å². The van der Waals surface area contributed by atoms with Crippen molar-refractivity contribution in [2.75, 3.05) is 6.61 Å². The Kier molecular flexibility index (Phi) is 6.59. The molecular formula is C23H28N2O5. The van der Waals surface area contributed by atoms with E-state index in [0.29, 0.717) is 11.3 Å². The van der Waals surface area contributed by atoms with E-state index in [0.717, 1.165) is 24.8 Å². The second-order valence-corrected chi connectivity index (χ2v) is 7.55. The molecule has 1 heterocycles. The Morgan fingerprint density at radius 1 is 1.20 bits per heavy atom. The third kappa shape index (κ3) is 4.40. The van der Waals surface area contributed by atoms with Gasteiger partial charge in [-0.1, -0.05) is 24.3 Å². The molecule has 160 valence electrons. The molecule has 1 aliphatic carbocycles. The third-order valence-electron chi connectivity index (χ3n) is 5.46. The van der Waals surface area contributed by atoms with Crippen LogP contribution in [-0.4, -0.2) is 35.5 Å². The summed E-state index contributed by atoms with van der Waals surface area (Å²) in [4.78, 5) is 40.3. The highest BCUT2D eigenvalue weighted by Crippen LogP contribution is 2.29. The first-order valence-electron chi connectivity index (χ1n) is 10.3. The molecule has 0 aliphatic heterocycles. The summed E-state index contributed by atoms with van der Waals surface area (Å²) in [6.07, 6.45) is 1.88. The first kappa shape index (κ1) is 21.6. The summed E-state index contributed by atoms with van der Waals surface area (Å²) in [6.45, 7) is 6.82. The molecule has 30 heavy (non-hydrogen) atoms. The van der Waals surface area contributed by atoms with Gasteiger partial charge in [-0.3, -0.25) is 4.79 Å². The van der Waals surface area contributed by atoms with Gasteiger partial charge >= 0.3 is 11.9 Å². The Hall–Kier alpha value is -3.09. The quantitative estimate of drug-likeness (QED) is 0.707. The topological polar surface area (TPSA) is 97.5 Å². The number of hydrogen-bond donors (Lipinski definition) is 2. The minimum Gasteiger partial charge on any atom is -0.461 e. The molecule has 0 spiro atoms. The standard InChI is InChI=1S/C23H28N2O5/c1-5-29-23(28)20-13(2)19(14(3)24-20)22(27)30-15(4)21(26)25-18-12-8-10-16-9-6-7-11-17(16)18/h6-7,9,11,15,18,24H,5,8,10,12H2,1-4H3,(H,25,26)/t15-,18+/m1/s1. The lowest BCUT2D eigenvalue weighted by molar-refractivity contribution is -0.130. The molecule has 0 bridgehead atoms. The van der Waals surface area contributed by atoms with Gasteiger partial charge in [-0.25, -0.2) is 9.59 Å². The lowest BCUT2D eigenvalue weighted by Gasteiger charge is -2.27. The Balaban J connectivity index is 1.68. The molecule has 0 saturated carbocycles. The molecular weight excluding hydrogens is 384 g/mol. The first-order valence-corrected chi connectivity index (χ1v) is 10.3. The molecule has 2 N–H and O–H groups in total. The number of benzene rings is 1. The highest BCUT2D eigenvalue weighted by molar-refractivity contribution is 5.99.